The van der Waals surface area contributed by atoms with Crippen molar-refractivity contribution in [2.45, 2.75) is 26.3 Å². The summed E-state index contributed by atoms with van der Waals surface area (Å²) >= 11 is 0. The molecule has 0 fully saturated rings. The topological polar surface area (TPSA) is 55.4 Å². The molecule has 4 heteroatoms. The summed E-state index contributed by atoms with van der Waals surface area (Å²) in [5, 5.41) is 2.74. The third kappa shape index (κ3) is 5.25. The van der Waals surface area contributed by atoms with Gasteiger partial charge in [0.2, 0.25) is 0 Å². The predicted octanol–water partition coefficient (Wildman–Crippen LogP) is 3.43. The number of hydrogen-bond acceptors (Lipinski definition) is 3. The van der Waals surface area contributed by atoms with E-state index in [0.29, 0.717) is 5.56 Å². The normalized spacial score (nSPS) is 10.9. The van der Waals surface area contributed by atoms with Gasteiger partial charge in [-0.15, -0.1) is 0 Å². The molecule has 120 valence electrons. The molecule has 0 spiro atoms. The fraction of sp³-hybridized carbons (Fsp3) is 0.263. The van der Waals surface area contributed by atoms with Crippen LogP contribution in [0.1, 0.15) is 31.1 Å². The zero-order valence-corrected chi connectivity index (χ0v) is 13.6. The maximum Gasteiger partial charge on any atom is 0.338 e. The second-order valence-electron chi connectivity index (χ2n) is 6.32. The third-order valence-electron chi connectivity index (χ3n) is 3.08. The first-order valence-corrected chi connectivity index (χ1v) is 7.49. The number of rotatable bonds is 4. The lowest BCUT2D eigenvalue weighted by Crippen LogP contribution is -2.42. The summed E-state index contributed by atoms with van der Waals surface area (Å²) in [4.78, 5) is 23.6. The van der Waals surface area contributed by atoms with E-state index in [1.807, 2.05) is 63.2 Å². The SMILES string of the molecule is CC(C)(C)NC(=O)COC(=O)c1ccc(-c2ccccc2)cc1. The van der Waals surface area contributed by atoms with Crippen LogP contribution < -0.4 is 5.32 Å². The third-order valence-corrected chi connectivity index (χ3v) is 3.08. The Balaban J connectivity index is 1.94. The summed E-state index contributed by atoms with van der Waals surface area (Å²) < 4.78 is 5.03. The lowest BCUT2D eigenvalue weighted by molar-refractivity contribution is -0.125. The zero-order valence-electron chi connectivity index (χ0n) is 13.6. The Morgan fingerprint density at radius 1 is 0.913 bits per heavy atom. The molecule has 0 aliphatic rings. The van der Waals surface area contributed by atoms with Gasteiger partial charge in [0.15, 0.2) is 6.61 Å². The Morgan fingerprint density at radius 3 is 2.04 bits per heavy atom. The van der Waals surface area contributed by atoms with Crippen molar-refractivity contribution in [1.29, 1.82) is 0 Å². The minimum absolute atomic E-state index is 0.281. The van der Waals surface area contributed by atoms with Crippen LogP contribution in [0.25, 0.3) is 11.1 Å². The summed E-state index contributed by atoms with van der Waals surface area (Å²) in [6, 6.07) is 17.0. The number of amides is 1. The van der Waals surface area contributed by atoms with Crippen LogP contribution in [0.2, 0.25) is 0 Å². The second-order valence-corrected chi connectivity index (χ2v) is 6.32. The predicted molar refractivity (Wildman–Crippen MR) is 90.1 cm³/mol. The molecular weight excluding hydrogens is 290 g/mol. The number of nitrogens with one attached hydrogen (secondary N) is 1. The van der Waals surface area contributed by atoms with Gasteiger partial charge in [0, 0.05) is 5.54 Å². The lowest BCUT2D eigenvalue weighted by atomic mass is 10.0. The van der Waals surface area contributed by atoms with E-state index in [1.165, 1.54) is 0 Å². The minimum atomic E-state index is -0.506. The molecule has 23 heavy (non-hydrogen) atoms. The van der Waals surface area contributed by atoms with Crippen molar-refractivity contribution in [3.63, 3.8) is 0 Å². The van der Waals surface area contributed by atoms with E-state index in [4.69, 9.17) is 4.74 Å². The summed E-state index contributed by atoms with van der Waals surface area (Å²) in [6.07, 6.45) is 0. The molecule has 0 aliphatic heterocycles. The smallest absolute Gasteiger partial charge is 0.338 e. The van der Waals surface area contributed by atoms with Crippen LogP contribution in [-0.4, -0.2) is 24.0 Å². The number of esters is 1. The molecule has 2 aromatic carbocycles. The van der Waals surface area contributed by atoms with Crippen molar-refractivity contribution < 1.29 is 14.3 Å². The van der Waals surface area contributed by atoms with E-state index in [2.05, 4.69) is 5.32 Å². The molecule has 0 saturated heterocycles. The van der Waals surface area contributed by atoms with E-state index >= 15 is 0 Å². The number of carbonyl (C=O) groups excluding carboxylic acids is 2. The van der Waals surface area contributed by atoms with E-state index in [0.717, 1.165) is 11.1 Å². The van der Waals surface area contributed by atoms with E-state index in [-0.39, 0.29) is 18.1 Å². The van der Waals surface area contributed by atoms with Gasteiger partial charge in [0.05, 0.1) is 5.56 Å². The first kappa shape index (κ1) is 16.7. The molecule has 2 rings (SSSR count). The van der Waals surface area contributed by atoms with Crippen molar-refractivity contribution in [2.75, 3.05) is 6.61 Å². The summed E-state index contributed by atoms with van der Waals surface area (Å²) in [7, 11) is 0. The molecule has 1 amide bonds. The first-order chi connectivity index (χ1) is 10.8. The van der Waals surface area contributed by atoms with Crippen LogP contribution in [0.15, 0.2) is 54.6 Å². The number of hydrogen-bond donors (Lipinski definition) is 1. The standard InChI is InChI=1S/C19H21NO3/c1-19(2,3)20-17(21)13-23-18(22)16-11-9-15(10-12-16)14-7-5-4-6-8-14/h4-12H,13H2,1-3H3,(H,20,21). The fourth-order valence-electron chi connectivity index (χ4n) is 2.10. The van der Waals surface area contributed by atoms with Gasteiger partial charge >= 0.3 is 5.97 Å². The molecule has 0 radical (unpaired) electrons. The average molecular weight is 311 g/mol. The van der Waals surface area contributed by atoms with Crippen LogP contribution in [-0.2, 0) is 9.53 Å². The molecular formula is C19H21NO3. The van der Waals surface area contributed by atoms with Gasteiger partial charge in [-0.2, -0.15) is 0 Å². The second kappa shape index (κ2) is 7.09. The fourth-order valence-corrected chi connectivity index (χ4v) is 2.10. The zero-order chi connectivity index (χ0) is 16.9. The van der Waals surface area contributed by atoms with Gasteiger partial charge in [-0.1, -0.05) is 42.5 Å². The highest BCUT2D eigenvalue weighted by Gasteiger charge is 2.15. The number of benzene rings is 2. The highest BCUT2D eigenvalue weighted by atomic mass is 16.5. The molecule has 0 saturated carbocycles. The van der Waals surface area contributed by atoms with Crippen LogP contribution in [0.4, 0.5) is 0 Å². The van der Waals surface area contributed by atoms with Crippen LogP contribution >= 0.6 is 0 Å². The van der Waals surface area contributed by atoms with Gasteiger partial charge < -0.3 is 10.1 Å². The highest BCUT2D eigenvalue weighted by molar-refractivity contribution is 5.92. The Labute approximate surface area is 136 Å². The number of ether oxygens (including phenoxy) is 1. The maximum absolute atomic E-state index is 12.0. The molecule has 0 bridgehead atoms. The summed E-state index contributed by atoms with van der Waals surface area (Å²) in [5.74, 6) is -0.819. The maximum atomic E-state index is 12.0. The van der Waals surface area contributed by atoms with Crippen molar-refractivity contribution >= 4 is 11.9 Å². The van der Waals surface area contributed by atoms with Crippen molar-refractivity contribution in [3.8, 4) is 11.1 Å². The van der Waals surface area contributed by atoms with Crippen molar-refractivity contribution in [2.24, 2.45) is 0 Å². The Hall–Kier alpha value is -2.62. The highest BCUT2D eigenvalue weighted by Crippen LogP contribution is 2.19. The minimum Gasteiger partial charge on any atom is -0.452 e. The molecule has 2 aromatic rings. The summed E-state index contributed by atoms with van der Waals surface area (Å²) in [6.45, 7) is 5.33. The molecule has 0 atom stereocenters. The first-order valence-electron chi connectivity index (χ1n) is 7.49. The van der Waals surface area contributed by atoms with Gasteiger partial charge in [-0.05, 0) is 44.0 Å². The Kier molecular flexibility index (Phi) is 5.16. The molecule has 0 heterocycles. The molecule has 0 aromatic heterocycles. The van der Waals surface area contributed by atoms with Crippen LogP contribution in [0, 0.1) is 0 Å². The van der Waals surface area contributed by atoms with E-state index in [1.54, 1.807) is 12.1 Å². The molecule has 4 nitrogen and oxygen atoms in total. The van der Waals surface area contributed by atoms with E-state index < -0.39 is 5.97 Å². The molecule has 0 aliphatic carbocycles. The van der Waals surface area contributed by atoms with Gasteiger partial charge in [-0.25, -0.2) is 4.79 Å². The van der Waals surface area contributed by atoms with E-state index in [9.17, 15) is 9.59 Å². The van der Waals surface area contributed by atoms with Gasteiger partial charge in [-0.3, -0.25) is 4.79 Å². The van der Waals surface area contributed by atoms with Crippen molar-refractivity contribution in [1.82, 2.24) is 5.32 Å². The summed E-state index contributed by atoms with van der Waals surface area (Å²) in [5.41, 5.74) is 2.18. The molecule has 0 unspecified atom stereocenters. The Morgan fingerprint density at radius 2 is 1.48 bits per heavy atom. The largest absolute Gasteiger partial charge is 0.452 e. The average Bonchev–Trinajstić information content (AvgIpc) is 2.52. The molecule has 1 N–H and O–H groups in total. The Bertz CT molecular complexity index is 670. The lowest BCUT2D eigenvalue weighted by Gasteiger charge is -2.20. The van der Waals surface area contributed by atoms with Crippen LogP contribution in [0.3, 0.4) is 0 Å². The van der Waals surface area contributed by atoms with Gasteiger partial charge in [0.1, 0.15) is 0 Å². The number of carbonyl (C=O) groups is 2. The van der Waals surface area contributed by atoms with Crippen molar-refractivity contribution in [3.05, 3.63) is 60.2 Å². The monoisotopic (exact) mass is 311 g/mol. The van der Waals surface area contributed by atoms with Gasteiger partial charge in [0.25, 0.3) is 5.91 Å². The van der Waals surface area contributed by atoms with Crippen LogP contribution in [0.5, 0.6) is 0 Å². The quantitative estimate of drug-likeness (QED) is 0.880.